The molecule has 2 unspecified atom stereocenters. The van der Waals surface area contributed by atoms with Gasteiger partial charge in [-0.2, -0.15) is 9.61 Å². The summed E-state index contributed by atoms with van der Waals surface area (Å²) >= 11 is 3.64. The second-order valence-electron chi connectivity index (χ2n) is 10.5. The van der Waals surface area contributed by atoms with E-state index in [9.17, 15) is 0 Å². The van der Waals surface area contributed by atoms with Gasteiger partial charge in [0.2, 0.25) is 0 Å². The van der Waals surface area contributed by atoms with Gasteiger partial charge in [0, 0.05) is 42.7 Å². The minimum absolute atomic E-state index is 0.515. The van der Waals surface area contributed by atoms with Gasteiger partial charge in [0.25, 0.3) is 0 Å². The summed E-state index contributed by atoms with van der Waals surface area (Å²) in [5.74, 6) is 3.65. The van der Waals surface area contributed by atoms with Gasteiger partial charge in [-0.25, -0.2) is 4.98 Å². The van der Waals surface area contributed by atoms with Crippen LogP contribution < -0.4 is 5.32 Å². The number of nitrogens with zero attached hydrogens (tertiary/aromatic N) is 5. The third-order valence-corrected chi connectivity index (χ3v) is 9.34. The van der Waals surface area contributed by atoms with Crippen LogP contribution in [0.5, 0.6) is 0 Å². The van der Waals surface area contributed by atoms with E-state index in [0.29, 0.717) is 12.5 Å². The van der Waals surface area contributed by atoms with Gasteiger partial charge >= 0.3 is 0 Å². The normalized spacial score (nSPS) is 31.8. The van der Waals surface area contributed by atoms with E-state index >= 15 is 0 Å². The Kier molecular flexibility index (Phi) is 4.42. The molecular formula is C25H29BrN6. The maximum atomic E-state index is 5.03. The summed E-state index contributed by atoms with van der Waals surface area (Å²) in [5.41, 5.74) is 4.11. The molecule has 166 valence electrons. The Morgan fingerprint density at radius 3 is 2.69 bits per heavy atom. The van der Waals surface area contributed by atoms with Gasteiger partial charge in [-0.15, -0.1) is 0 Å². The average molecular weight is 493 g/mol. The molecule has 1 N–H and O–H groups in total. The molecule has 6 nitrogen and oxygen atoms in total. The number of halogens is 1. The number of nitrogens with one attached hydrogen (secondary N) is 1. The topological polar surface area (TPSA) is 58.4 Å². The number of hydrogen-bond acceptors (Lipinski definition) is 5. The van der Waals surface area contributed by atoms with Gasteiger partial charge in [0.15, 0.2) is 5.65 Å². The zero-order valence-corrected chi connectivity index (χ0v) is 19.8. The van der Waals surface area contributed by atoms with Crippen LogP contribution in [0.1, 0.15) is 55.7 Å². The third-order valence-electron chi connectivity index (χ3n) is 8.78. The average Bonchev–Trinajstić information content (AvgIpc) is 3.69. The number of hydrogen-bond donors (Lipinski definition) is 1. The second-order valence-corrected chi connectivity index (χ2v) is 11.3. The lowest BCUT2D eigenvalue weighted by molar-refractivity contribution is 0.116. The first-order valence-corrected chi connectivity index (χ1v) is 12.9. The first-order valence-electron chi connectivity index (χ1n) is 12.1. The molecule has 1 aliphatic heterocycles. The number of aromatic nitrogens is 4. The fraction of sp³-hybridized carbons (Fsp3) is 0.560. The number of piperidine rings is 1. The van der Waals surface area contributed by atoms with E-state index < -0.39 is 0 Å². The molecule has 1 saturated heterocycles. The molecule has 0 aromatic carbocycles. The summed E-state index contributed by atoms with van der Waals surface area (Å²) < 4.78 is 2.85. The van der Waals surface area contributed by atoms with Crippen LogP contribution in [0.25, 0.3) is 5.65 Å². The number of fused-ring (bicyclic) bond motifs is 1. The number of likely N-dealkylation sites (tertiary alicyclic amines) is 1. The molecule has 0 bridgehead atoms. The molecule has 3 aromatic heterocycles. The van der Waals surface area contributed by atoms with E-state index in [1.165, 1.54) is 44.5 Å². The summed E-state index contributed by atoms with van der Waals surface area (Å²) in [6.07, 6.45) is 14.0. The maximum absolute atomic E-state index is 5.03. The van der Waals surface area contributed by atoms with Crippen molar-refractivity contribution in [3.8, 4) is 0 Å². The van der Waals surface area contributed by atoms with Crippen molar-refractivity contribution >= 4 is 27.4 Å². The zero-order valence-electron chi connectivity index (χ0n) is 18.3. The van der Waals surface area contributed by atoms with E-state index in [0.717, 1.165) is 44.8 Å². The van der Waals surface area contributed by atoms with Crippen LogP contribution in [0, 0.1) is 17.3 Å². The highest BCUT2D eigenvalue weighted by Gasteiger charge is 2.72. The van der Waals surface area contributed by atoms with Crippen molar-refractivity contribution in [2.45, 2.75) is 57.0 Å². The fourth-order valence-corrected chi connectivity index (χ4v) is 7.13. The van der Waals surface area contributed by atoms with Crippen molar-refractivity contribution in [1.29, 1.82) is 0 Å². The monoisotopic (exact) mass is 492 g/mol. The SMILES string of the molecule is Brc1cnn2c(NCc3cccnc3)cc(C3CCN(C4CC5CC56CC6C4)CC3)nc12. The van der Waals surface area contributed by atoms with Crippen molar-refractivity contribution in [2.24, 2.45) is 17.3 Å². The summed E-state index contributed by atoms with van der Waals surface area (Å²) in [7, 11) is 0. The van der Waals surface area contributed by atoms with Crippen LogP contribution in [-0.4, -0.2) is 43.6 Å². The predicted octanol–water partition coefficient (Wildman–Crippen LogP) is 4.87. The molecule has 3 saturated carbocycles. The molecule has 32 heavy (non-hydrogen) atoms. The zero-order chi connectivity index (χ0) is 21.3. The molecule has 7 rings (SSSR count). The van der Waals surface area contributed by atoms with Crippen LogP contribution >= 0.6 is 15.9 Å². The lowest BCUT2D eigenvalue weighted by Gasteiger charge is -2.39. The van der Waals surface area contributed by atoms with Crippen LogP contribution in [0.15, 0.2) is 41.3 Å². The van der Waals surface area contributed by atoms with Crippen molar-refractivity contribution < 1.29 is 0 Å². The van der Waals surface area contributed by atoms with Gasteiger partial charge in [-0.1, -0.05) is 6.07 Å². The number of pyridine rings is 1. The Labute approximate surface area is 196 Å². The van der Waals surface area contributed by atoms with Crippen molar-refractivity contribution in [3.05, 3.63) is 52.5 Å². The molecule has 1 spiro atoms. The Morgan fingerprint density at radius 2 is 1.94 bits per heavy atom. The Morgan fingerprint density at radius 1 is 1.12 bits per heavy atom. The van der Waals surface area contributed by atoms with Crippen LogP contribution in [-0.2, 0) is 6.54 Å². The van der Waals surface area contributed by atoms with Crippen molar-refractivity contribution in [1.82, 2.24) is 24.5 Å². The van der Waals surface area contributed by atoms with Gasteiger partial charge in [-0.3, -0.25) is 4.98 Å². The van der Waals surface area contributed by atoms with E-state index in [4.69, 9.17) is 4.98 Å². The van der Waals surface area contributed by atoms with Crippen LogP contribution in [0.4, 0.5) is 5.82 Å². The van der Waals surface area contributed by atoms with Gasteiger partial charge in [-0.05, 0) is 96.4 Å². The molecule has 3 aromatic rings. The van der Waals surface area contributed by atoms with E-state index in [1.807, 2.05) is 29.2 Å². The molecular weight excluding hydrogens is 464 g/mol. The molecule has 4 fully saturated rings. The smallest absolute Gasteiger partial charge is 0.171 e. The highest BCUT2D eigenvalue weighted by molar-refractivity contribution is 9.10. The highest BCUT2D eigenvalue weighted by atomic mass is 79.9. The highest BCUT2D eigenvalue weighted by Crippen LogP contribution is 2.79. The quantitative estimate of drug-likeness (QED) is 0.550. The Bertz CT molecular complexity index is 1130. The lowest BCUT2D eigenvalue weighted by atomic mass is 9.88. The van der Waals surface area contributed by atoms with Crippen LogP contribution in [0.3, 0.4) is 0 Å². The largest absolute Gasteiger partial charge is 0.366 e. The minimum Gasteiger partial charge on any atom is -0.366 e. The molecule has 7 heteroatoms. The van der Waals surface area contributed by atoms with Crippen molar-refractivity contribution in [2.75, 3.05) is 18.4 Å². The second kappa shape index (κ2) is 7.26. The summed E-state index contributed by atoms with van der Waals surface area (Å²) in [5, 5.41) is 8.10. The molecule has 0 amide bonds. The van der Waals surface area contributed by atoms with E-state index in [1.54, 1.807) is 12.8 Å². The minimum atomic E-state index is 0.515. The van der Waals surface area contributed by atoms with Crippen molar-refractivity contribution in [3.63, 3.8) is 0 Å². The number of rotatable bonds is 5. The molecule has 2 atom stereocenters. The van der Waals surface area contributed by atoms with Gasteiger partial charge in [0.05, 0.1) is 10.7 Å². The first kappa shape index (κ1) is 19.5. The van der Waals surface area contributed by atoms with Gasteiger partial charge in [0.1, 0.15) is 5.82 Å². The first-order chi connectivity index (χ1) is 15.7. The summed E-state index contributed by atoms with van der Waals surface area (Å²) in [6.45, 7) is 3.15. The third kappa shape index (κ3) is 3.19. The number of anilines is 1. The Hall–Kier alpha value is -1.99. The summed E-state index contributed by atoms with van der Waals surface area (Å²) in [6, 6.07) is 7.13. The Balaban J connectivity index is 1.08. The fourth-order valence-electron chi connectivity index (χ4n) is 6.78. The maximum Gasteiger partial charge on any atom is 0.171 e. The molecule has 4 heterocycles. The predicted molar refractivity (Wildman–Crippen MR) is 127 cm³/mol. The molecule has 4 aliphatic rings. The van der Waals surface area contributed by atoms with E-state index in [2.05, 4.69) is 48.4 Å². The van der Waals surface area contributed by atoms with Gasteiger partial charge < -0.3 is 10.2 Å². The summed E-state index contributed by atoms with van der Waals surface area (Å²) in [4.78, 5) is 12.1. The lowest BCUT2D eigenvalue weighted by Crippen LogP contribution is -2.42. The molecule has 3 aliphatic carbocycles. The molecule has 0 radical (unpaired) electrons. The van der Waals surface area contributed by atoms with E-state index in [-0.39, 0.29) is 0 Å². The van der Waals surface area contributed by atoms with Crippen LogP contribution in [0.2, 0.25) is 0 Å². The standard InChI is InChI=1S/C25H29BrN6/c26-21-15-29-32-23(28-14-16-2-1-5-27-13-16)10-22(30-24(21)32)17-3-6-31(7-4-17)20-8-18-11-25(18)12-19(25)9-20/h1-2,5,10,13,15,17-20,28H,3-4,6-9,11-12,14H2.